The summed E-state index contributed by atoms with van der Waals surface area (Å²) in [7, 11) is 1.54. The van der Waals surface area contributed by atoms with Crippen LogP contribution in [-0.2, 0) is 6.54 Å². The lowest BCUT2D eigenvalue weighted by molar-refractivity contribution is -0.00342. The van der Waals surface area contributed by atoms with Gasteiger partial charge in [-0.05, 0) is 18.2 Å². The summed E-state index contributed by atoms with van der Waals surface area (Å²) < 4.78 is 30.1. The molecule has 0 radical (unpaired) electrons. The van der Waals surface area contributed by atoms with Crippen LogP contribution < -0.4 is 10.1 Å². The van der Waals surface area contributed by atoms with Gasteiger partial charge in [0.15, 0.2) is 0 Å². The number of halogens is 3. The number of rotatable bonds is 6. The van der Waals surface area contributed by atoms with Crippen molar-refractivity contribution in [3.63, 3.8) is 0 Å². The lowest BCUT2D eigenvalue weighted by Gasteiger charge is -2.13. The topological polar surface area (TPSA) is 41.5 Å². The first-order valence-electron chi connectivity index (χ1n) is 5.04. The van der Waals surface area contributed by atoms with Crippen molar-refractivity contribution in [3.8, 4) is 5.75 Å². The number of hydrogen-bond acceptors (Lipinski definition) is 3. The summed E-state index contributed by atoms with van der Waals surface area (Å²) in [5, 5.41) is 11.7. The lowest BCUT2D eigenvalue weighted by Crippen LogP contribution is -2.31. The number of alkyl halides is 2. The summed E-state index contributed by atoms with van der Waals surface area (Å²) in [6.07, 6.45) is -4.37. The summed E-state index contributed by atoms with van der Waals surface area (Å²) in [5.41, 5.74) is 0.836. The van der Waals surface area contributed by atoms with Crippen molar-refractivity contribution < 1.29 is 18.6 Å². The Morgan fingerprint density at radius 3 is 2.76 bits per heavy atom. The first-order chi connectivity index (χ1) is 8.04. The molecule has 6 heteroatoms. The SMILES string of the molecule is COc1ccc(Br)cc1CNCC(O)C(F)F. The third-order valence-electron chi connectivity index (χ3n) is 2.20. The normalized spacial score (nSPS) is 12.8. The van der Waals surface area contributed by atoms with E-state index >= 15 is 0 Å². The first kappa shape index (κ1) is 14.3. The van der Waals surface area contributed by atoms with Gasteiger partial charge in [0.25, 0.3) is 6.43 Å². The summed E-state index contributed by atoms with van der Waals surface area (Å²) in [6.45, 7) is 0.194. The Morgan fingerprint density at radius 2 is 2.18 bits per heavy atom. The molecule has 3 nitrogen and oxygen atoms in total. The van der Waals surface area contributed by atoms with Crippen molar-refractivity contribution in [3.05, 3.63) is 28.2 Å². The molecule has 0 aromatic heterocycles. The molecule has 0 fully saturated rings. The molecule has 1 rings (SSSR count). The maximum absolute atomic E-state index is 12.0. The summed E-state index contributed by atoms with van der Waals surface area (Å²) in [4.78, 5) is 0. The van der Waals surface area contributed by atoms with Crippen LogP contribution >= 0.6 is 15.9 Å². The Morgan fingerprint density at radius 1 is 1.47 bits per heavy atom. The molecule has 1 atom stereocenters. The highest BCUT2D eigenvalue weighted by atomic mass is 79.9. The lowest BCUT2D eigenvalue weighted by atomic mass is 10.2. The molecule has 2 N–H and O–H groups in total. The van der Waals surface area contributed by atoms with Gasteiger partial charge in [-0.1, -0.05) is 15.9 Å². The van der Waals surface area contributed by atoms with Crippen molar-refractivity contribution in [1.29, 1.82) is 0 Å². The second-order valence-electron chi connectivity index (χ2n) is 3.49. The molecule has 1 unspecified atom stereocenters. The Labute approximate surface area is 107 Å². The summed E-state index contributed by atoms with van der Waals surface area (Å²) in [6, 6.07) is 5.45. The minimum atomic E-state index is -2.73. The monoisotopic (exact) mass is 309 g/mol. The fourth-order valence-electron chi connectivity index (χ4n) is 1.33. The van der Waals surface area contributed by atoms with E-state index < -0.39 is 12.5 Å². The van der Waals surface area contributed by atoms with Gasteiger partial charge < -0.3 is 15.2 Å². The number of ether oxygens (including phenoxy) is 1. The van der Waals surface area contributed by atoms with E-state index in [0.29, 0.717) is 12.3 Å². The van der Waals surface area contributed by atoms with E-state index in [4.69, 9.17) is 9.84 Å². The molecule has 0 bridgehead atoms. The van der Waals surface area contributed by atoms with Crippen LogP contribution in [0, 0.1) is 0 Å². The Hall–Kier alpha value is -0.720. The largest absolute Gasteiger partial charge is 0.496 e. The maximum Gasteiger partial charge on any atom is 0.265 e. The molecule has 0 aliphatic heterocycles. The Bertz CT molecular complexity index is 363. The molecule has 1 aromatic carbocycles. The third kappa shape index (κ3) is 4.57. The molecule has 0 heterocycles. The molecule has 0 saturated heterocycles. The maximum atomic E-state index is 12.0. The highest BCUT2D eigenvalue weighted by Crippen LogP contribution is 2.22. The third-order valence-corrected chi connectivity index (χ3v) is 2.70. The fraction of sp³-hybridized carbons (Fsp3) is 0.455. The number of aliphatic hydroxyl groups is 1. The van der Waals surface area contributed by atoms with Gasteiger partial charge in [-0.15, -0.1) is 0 Å². The van der Waals surface area contributed by atoms with Crippen molar-refractivity contribution in [2.75, 3.05) is 13.7 Å². The molecule has 0 amide bonds. The number of hydrogen-bond donors (Lipinski definition) is 2. The van der Waals surface area contributed by atoms with Gasteiger partial charge in [0.05, 0.1) is 7.11 Å². The quantitative estimate of drug-likeness (QED) is 0.846. The van der Waals surface area contributed by atoms with Crippen LogP contribution in [0.5, 0.6) is 5.75 Å². The summed E-state index contributed by atoms with van der Waals surface area (Å²) >= 11 is 3.32. The summed E-state index contributed by atoms with van der Waals surface area (Å²) in [5.74, 6) is 0.673. The number of benzene rings is 1. The molecule has 0 aliphatic carbocycles. The second-order valence-corrected chi connectivity index (χ2v) is 4.40. The Balaban J connectivity index is 2.53. The molecule has 96 valence electrons. The zero-order valence-corrected chi connectivity index (χ0v) is 10.9. The van der Waals surface area contributed by atoms with Gasteiger partial charge in [-0.25, -0.2) is 8.78 Å². The average Bonchev–Trinajstić information content (AvgIpc) is 2.29. The number of nitrogens with one attached hydrogen (secondary N) is 1. The van der Waals surface area contributed by atoms with Gasteiger partial charge in [-0.3, -0.25) is 0 Å². The van der Waals surface area contributed by atoms with Crippen molar-refractivity contribution in [1.82, 2.24) is 5.32 Å². The average molecular weight is 310 g/mol. The molecule has 17 heavy (non-hydrogen) atoms. The van der Waals surface area contributed by atoms with Crippen molar-refractivity contribution >= 4 is 15.9 Å². The number of aliphatic hydroxyl groups excluding tert-OH is 1. The zero-order valence-electron chi connectivity index (χ0n) is 9.29. The number of methoxy groups -OCH3 is 1. The minimum absolute atomic E-state index is 0.159. The molecular weight excluding hydrogens is 296 g/mol. The van der Waals surface area contributed by atoms with E-state index in [1.165, 1.54) is 0 Å². The highest BCUT2D eigenvalue weighted by Gasteiger charge is 2.16. The van der Waals surface area contributed by atoms with Crippen LogP contribution in [0.25, 0.3) is 0 Å². The smallest absolute Gasteiger partial charge is 0.265 e. The van der Waals surface area contributed by atoms with Gasteiger partial charge >= 0.3 is 0 Å². The van der Waals surface area contributed by atoms with Crippen LogP contribution in [0.15, 0.2) is 22.7 Å². The molecule has 0 saturated carbocycles. The fourth-order valence-corrected chi connectivity index (χ4v) is 1.74. The molecule has 1 aromatic rings. The van der Waals surface area contributed by atoms with Crippen LogP contribution in [0.3, 0.4) is 0 Å². The van der Waals surface area contributed by atoms with Gasteiger partial charge in [-0.2, -0.15) is 0 Å². The van der Waals surface area contributed by atoms with E-state index in [1.807, 2.05) is 12.1 Å². The predicted octanol–water partition coefficient (Wildman–Crippen LogP) is 2.17. The standard InChI is InChI=1S/C11H14BrF2NO2/c1-17-10-3-2-8(12)4-7(10)5-15-6-9(16)11(13)14/h2-4,9,11,15-16H,5-6H2,1H3. The zero-order chi connectivity index (χ0) is 12.8. The van der Waals surface area contributed by atoms with Crippen LogP contribution in [-0.4, -0.2) is 31.3 Å². The van der Waals surface area contributed by atoms with Crippen LogP contribution in [0.2, 0.25) is 0 Å². The van der Waals surface area contributed by atoms with Gasteiger partial charge in [0.1, 0.15) is 11.9 Å². The van der Waals surface area contributed by atoms with E-state index in [9.17, 15) is 8.78 Å². The predicted molar refractivity (Wildman–Crippen MR) is 64.4 cm³/mol. The molecular formula is C11H14BrF2NO2. The van der Waals surface area contributed by atoms with Crippen LogP contribution in [0.4, 0.5) is 8.78 Å². The van der Waals surface area contributed by atoms with E-state index in [2.05, 4.69) is 21.2 Å². The van der Waals surface area contributed by atoms with Crippen molar-refractivity contribution in [2.24, 2.45) is 0 Å². The van der Waals surface area contributed by atoms with E-state index in [-0.39, 0.29) is 6.54 Å². The van der Waals surface area contributed by atoms with Crippen LogP contribution in [0.1, 0.15) is 5.56 Å². The minimum Gasteiger partial charge on any atom is -0.496 e. The van der Waals surface area contributed by atoms with Gasteiger partial charge in [0.2, 0.25) is 0 Å². The van der Waals surface area contributed by atoms with Crippen molar-refractivity contribution in [2.45, 2.75) is 19.1 Å². The molecule has 0 spiro atoms. The second kappa shape index (κ2) is 6.88. The Kier molecular flexibility index (Phi) is 5.80. The molecule has 0 aliphatic rings. The van der Waals surface area contributed by atoms with E-state index in [1.54, 1.807) is 13.2 Å². The first-order valence-corrected chi connectivity index (χ1v) is 5.83. The highest BCUT2D eigenvalue weighted by molar-refractivity contribution is 9.10. The van der Waals surface area contributed by atoms with Gasteiger partial charge in [0, 0.05) is 23.1 Å². The van der Waals surface area contributed by atoms with E-state index in [0.717, 1.165) is 10.0 Å².